The molecule has 0 unspecified atom stereocenters. The largest absolute Gasteiger partial charge is 0.253 e. The molecule has 2 heterocycles. The minimum atomic E-state index is -0.368. The van der Waals surface area contributed by atoms with Crippen molar-refractivity contribution < 1.29 is 8.78 Å². The van der Waals surface area contributed by atoms with Gasteiger partial charge in [-0.25, -0.2) is 18.3 Å². The van der Waals surface area contributed by atoms with Crippen LogP contribution in [0.25, 0.3) is 5.78 Å². The summed E-state index contributed by atoms with van der Waals surface area (Å²) in [5, 5.41) is 5.67. The summed E-state index contributed by atoms with van der Waals surface area (Å²) in [6.45, 7) is 3.72. The molecule has 0 amide bonds. The fourth-order valence-electron chi connectivity index (χ4n) is 3.19. The van der Waals surface area contributed by atoms with Gasteiger partial charge in [-0.1, -0.05) is 47.1 Å². The molecule has 2 aromatic carbocycles. The van der Waals surface area contributed by atoms with Crippen molar-refractivity contribution in [1.29, 1.82) is 0 Å². The molecule has 9 heteroatoms. The predicted octanol–water partition coefficient (Wildman–Crippen LogP) is 6.21. The van der Waals surface area contributed by atoms with E-state index in [-0.39, 0.29) is 17.4 Å². The van der Waals surface area contributed by atoms with Gasteiger partial charge >= 0.3 is 0 Å². The van der Waals surface area contributed by atoms with Gasteiger partial charge in [-0.15, -0.1) is 5.10 Å². The van der Waals surface area contributed by atoms with Gasteiger partial charge in [-0.2, -0.15) is 4.98 Å². The van der Waals surface area contributed by atoms with E-state index >= 15 is 0 Å². The summed E-state index contributed by atoms with van der Waals surface area (Å²) < 4.78 is 29.9. The Morgan fingerprint density at radius 1 is 0.900 bits per heavy atom. The fraction of sp³-hybridized carbons (Fsp3) is 0.190. The third-order valence-electron chi connectivity index (χ3n) is 4.85. The molecule has 30 heavy (non-hydrogen) atoms. The Balaban J connectivity index is 1.66. The highest BCUT2D eigenvalue weighted by atomic mass is 35.5. The van der Waals surface area contributed by atoms with Crippen molar-refractivity contribution in [3.63, 3.8) is 0 Å². The number of benzene rings is 2. The van der Waals surface area contributed by atoms with Gasteiger partial charge in [-0.05, 0) is 43.7 Å². The number of nitrogens with zero attached hydrogens (tertiary/aromatic N) is 4. The zero-order valence-electron chi connectivity index (χ0n) is 16.1. The molecular weight excluding hydrogens is 449 g/mol. The molecule has 0 radical (unpaired) electrons. The maximum Gasteiger partial charge on any atom is 0.253 e. The Labute approximate surface area is 186 Å². The lowest BCUT2D eigenvalue weighted by molar-refractivity contribution is 0.613. The van der Waals surface area contributed by atoms with E-state index in [1.807, 2.05) is 13.8 Å². The number of thioether (sulfide) groups is 1. The Kier molecular flexibility index (Phi) is 5.95. The van der Waals surface area contributed by atoms with Crippen molar-refractivity contribution in [1.82, 2.24) is 19.6 Å². The van der Waals surface area contributed by atoms with E-state index in [4.69, 9.17) is 23.2 Å². The lowest BCUT2D eigenvalue weighted by atomic mass is 10.0. The number of aryl methyl sites for hydroxylation is 2. The molecule has 154 valence electrons. The smallest absolute Gasteiger partial charge is 0.216 e. The van der Waals surface area contributed by atoms with Crippen LogP contribution < -0.4 is 0 Å². The molecule has 0 spiro atoms. The van der Waals surface area contributed by atoms with Crippen LogP contribution in [0.2, 0.25) is 10.0 Å². The molecule has 0 aliphatic heterocycles. The van der Waals surface area contributed by atoms with E-state index in [0.717, 1.165) is 17.0 Å². The van der Waals surface area contributed by atoms with Gasteiger partial charge in [0.1, 0.15) is 11.6 Å². The van der Waals surface area contributed by atoms with E-state index in [1.165, 1.54) is 23.9 Å². The average Bonchev–Trinajstić information content (AvgIpc) is 3.09. The van der Waals surface area contributed by atoms with E-state index in [1.54, 1.807) is 28.8 Å². The molecule has 4 rings (SSSR count). The van der Waals surface area contributed by atoms with Crippen LogP contribution in [0.3, 0.4) is 0 Å². The van der Waals surface area contributed by atoms with Gasteiger partial charge in [0, 0.05) is 44.7 Å². The number of aromatic nitrogens is 4. The molecule has 4 aromatic rings. The minimum Gasteiger partial charge on any atom is -0.216 e. The molecule has 0 saturated heterocycles. The number of fused-ring (bicyclic) bond motifs is 1. The SMILES string of the molecule is Cc1nc2nc(SCc3c(F)cccc3Cl)nn2c(C)c1Cc1c(F)cccc1Cl. The second-order valence-electron chi connectivity index (χ2n) is 6.73. The zero-order chi connectivity index (χ0) is 21.4. The molecule has 0 aliphatic carbocycles. The summed E-state index contributed by atoms with van der Waals surface area (Å²) in [4.78, 5) is 8.94. The van der Waals surface area contributed by atoms with Gasteiger partial charge in [0.15, 0.2) is 0 Å². The third kappa shape index (κ3) is 4.02. The second-order valence-corrected chi connectivity index (χ2v) is 8.49. The third-order valence-corrected chi connectivity index (χ3v) is 6.42. The highest BCUT2D eigenvalue weighted by molar-refractivity contribution is 7.98. The average molecular weight is 465 g/mol. The normalized spacial score (nSPS) is 11.4. The van der Waals surface area contributed by atoms with Crippen molar-refractivity contribution >= 4 is 40.7 Å². The summed E-state index contributed by atoms with van der Waals surface area (Å²) in [7, 11) is 0. The number of rotatable bonds is 5. The van der Waals surface area contributed by atoms with Crippen molar-refractivity contribution in [2.75, 3.05) is 0 Å². The van der Waals surface area contributed by atoms with Crippen LogP contribution in [0.4, 0.5) is 8.78 Å². The lowest BCUT2D eigenvalue weighted by Crippen LogP contribution is -2.07. The number of halogens is 4. The van der Waals surface area contributed by atoms with Crippen LogP contribution in [0, 0.1) is 25.5 Å². The van der Waals surface area contributed by atoms with Gasteiger partial charge < -0.3 is 0 Å². The summed E-state index contributed by atoms with van der Waals surface area (Å²) in [6, 6.07) is 9.20. The van der Waals surface area contributed by atoms with Crippen LogP contribution in [-0.4, -0.2) is 19.6 Å². The lowest BCUT2D eigenvalue weighted by Gasteiger charge is -2.12. The van der Waals surface area contributed by atoms with Crippen molar-refractivity contribution in [3.8, 4) is 0 Å². The zero-order valence-corrected chi connectivity index (χ0v) is 18.4. The first-order chi connectivity index (χ1) is 14.3. The van der Waals surface area contributed by atoms with Gasteiger partial charge in [0.2, 0.25) is 5.16 Å². The monoisotopic (exact) mass is 464 g/mol. The maximum absolute atomic E-state index is 14.3. The molecular formula is C21H16Cl2F2N4S. The molecule has 0 atom stereocenters. The first-order valence-electron chi connectivity index (χ1n) is 9.06. The van der Waals surface area contributed by atoms with Gasteiger partial charge in [0.05, 0.1) is 0 Å². The quantitative estimate of drug-likeness (QED) is 0.329. The van der Waals surface area contributed by atoms with Gasteiger partial charge in [0.25, 0.3) is 5.78 Å². The van der Waals surface area contributed by atoms with Crippen LogP contribution >= 0.6 is 35.0 Å². The van der Waals surface area contributed by atoms with Crippen LogP contribution in [-0.2, 0) is 12.2 Å². The standard InChI is InChI=1S/C21H16Cl2F2N4S/c1-11-13(9-14-16(22)5-3-7-18(14)24)12(2)29-20(26-11)27-21(28-29)30-10-15-17(23)6-4-8-19(15)25/h3-8H,9-10H2,1-2H3. The maximum atomic E-state index is 14.3. The minimum absolute atomic E-state index is 0.290. The highest BCUT2D eigenvalue weighted by Gasteiger charge is 2.17. The van der Waals surface area contributed by atoms with Crippen molar-refractivity contribution in [2.45, 2.75) is 31.2 Å². The second kappa shape index (κ2) is 8.49. The molecule has 0 bridgehead atoms. The fourth-order valence-corrected chi connectivity index (χ4v) is 4.58. The van der Waals surface area contributed by atoms with E-state index < -0.39 is 0 Å². The molecule has 0 saturated carbocycles. The summed E-state index contributed by atoms with van der Waals surface area (Å²) >= 11 is 13.6. The molecule has 4 nitrogen and oxygen atoms in total. The first-order valence-corrected chi connectivity index (χ1v) is 10.8. The molecule has 2 aromatic heterocycles. The van der Waals surface area contributed by atoms with Crippen LogP contribution in [0.5, 0.6) is 0 Å². The van der Waals surface area contributed by atoms with E-state index in [0.29, 0.717) is 38.5 Å². The number of hydrogen-bond acceptors (Lipinski definition) is 4. The number of hydrogen-bond donors (Lipinski definition) is 0. The summed E-state index contributed by atoms with van der Waals surface area (Å²) in [5.41, 5.74) is 3.16. The van der Waals surface area contributed by atoms with E-state index in [2.05, 4.69) is 15.1 Å². The van der Waals surface area contributed by atoms with Crippen LogP contribution in [0.15, 0.2) is 41.6 Å². The first kappa shape index (κ1) is 21.0. The van der Waals surface area contributed by atoms with Gasteiger partial charge in [-0.3, -0.25) is 0 Å². The Hall–Kier alpha value is -2.22. The molecule has 0 aliphatic rings. The van der Waals surface area contributed by atoms with Crippen LogP contribution in [0.1, 0.15) is 28.1 Å². The Morgan fingerprint density at radius 2 is 1.53 bits per heavy atom. The highest BCUT2D eigenvalue weighted by Crippen LogP contribution is 2.29. The van der Waals surface area contributed by atoms with Crippen molar-refractivity contribution in [3.05, 3.63) is 86.2 Å². The molecule has 0 fully saturated rings. The Bertz CT molecular complexity index is 1220. The predicted molar refractivity (Wildman–Crippen MR) is 115 cm³/mol. The van der Waals surface area contributed by atoms with E-state index in [9.17, 15) is 8.78 Å². The van der Waals surface area contributed by atoms with Crippen molar-refractivity contribution in [2.24, 2.45) is 0 Å². The topological polar surface area (TPSA) is 43.1 Å². The Morgan fingerprint density at radius 3 is 2.17 bits per heavy atom. The summed E-state index contributed by atoms with van der Waals surface area (Å²) in [5.74, 6) is -0.0144. The molecule has 0 N–H and O–H groups in total. The summed E-state index contributed by atoms with van der Waals surface area (Å²) in [6.07, 6.45) is 0.291.